The zero-order valence-electron chi connectivity index (χ0n) is 9.50. The Morgan fingerprint density at radius 3 is 2.44 bits per heavy atom. The highest BCUT2D eigenvalue weighted by Crippen LogP contribution is 2.21. The van der Waals surface area contributed by atoms with Crippen LogP contribution in [0.3, 0.4) is 0 Å². The van der Waals surface area contributed by atoms with Crippen molar-refractivity contribution in [1.82, 2.24) is 10.2 Å². The fourth-order valence-electron chi connectivity index (χ4n) is 1.96. The van der Waals surface area contributed by atoms with Gasteiger partial charge in [0.15, 0.2) is 0 Å². The first kappa shape index (κ1) is 13.1. The molecule has 2 aliphatic heterocycles. The third-order valence-corrected chi connectivity index (χ3v) is 3.06. The van der Waals surface area contributed by atoms with Gasteiger partial charge in [0.25, 0.3) is 0 Å². The van der Waals surface area contributed by atoms with Crippen LogP contribution >= 0.6 is 0 Å². The maximum absolute atomic E-state index is 12.0. The summed E-state index contributed by atoms with van der Waals surface area (Å²) in [5.74, 6) is -2.34. The van der Waals surface area contributed by atoms with E-state index in [0.29, 0.717) is 13.1 Å². The Balaban J connectivity index is 1.81. The molecule has 0 aromatic carbocycles. The van der Waals surface area contributed by atoms with Gasteiger partial charge in [-0.3, -0.25) is 4.79 Å². The Morgan fingerprint density at radius 2 is 1.94 bits per heavy atom. The van der Waals surface area contributed by atoms with Crippen molar-refractivity contribution in [3.63, 3.8) is 0 Å². The Hall–Kier alpha value is -1.31. The first-order chi connectivity index (χ1) is 8.38. The third-order valence-electron chi connectivity index (χ3n) is 3.06. The molecule has 1 N–H and O–H groups in total. The summed E-state index contributed by atoms with van der Waals surface area (Å²) in [6, 6.07) is -0.545. The van der Waals surface area contributed by atoms with E-state index < -0.39 is 24.3 Å². The third kappa shape index (κ3) is 2.74. The number of carbonyl (C=O) groups is 2. The summed E-state index contributed by atoms with van der Waals surface area (Å²) in [4.78, 5) is 24.0. The van der Waals surface area contributed by atoms with Gasteiger partial charge in [0.1, 0.15) is 6.10 Å². The lowest BCUT2D eigenvalue weighted by Crippen LogP contribution is -2.49. The van der Waals surface area contributed by atoms with Gasteiger partial charge < -0.3 is 15.0 Å². The predicted molar refractivity (Wildman–Crippen MR) is 53.5 cm³/mol. The van der Waals surface area contributed by atoms with Gasteiger partial charge in [0.2, 0.25) is 5.91 Å². The molecule has 0 unspecified atom stereocenters. The molecule has 2 atom stereocenters. The van der Waals surface area contributed by atoms with Crippen molar-refractivity contribution in [2.45, 2.75) is 31.2 Å². The lowest BCUT2D eigenvalue weighted by Gasteiger charge is -2.33. The number of rotatable bonds is 2. The van der Waals surface area contributed by atoms with Gasteiger partial charge in [0.05, 0.1) is 6.04 Å². The van der Waals surface area contributed by atoms with E-state index in [0.717, 1.165) is 6.42 Å². The molecule has 102 valence electrons. The van der Waals surface area contributed by atoms with E-state index in [9.17, 15) is 22.8 Å². The fraction of sp³-hybridized carbons (Fsp3) is 0.800. The molecule has 8 heteroatoms. The van der Waals surface area contributed by atoms with E-state index in [4.69, 9.17) is 0 Å². The standard InChI is InChI=1S/C10H13F3N2O3/c11-10(12,13)9(17)18-6-4-7(14-5-6)8(16)15-2-1-3-15/h6-7,14H,1-5H2/t6-,7+/m1/s1. The van der Waals surface area contributed by atoms with Crippen molar-refractivity contribution < 1.29 is 27.5 Å². The van der Waals surface area contributed by atoms with Crippen LogP contribution in [0.15, 0.2) is 0 Å². The van der Waals surface area contributed by atoms with Crippen molar-refractivity contribution >= 4 is 11.9 Å². The van der Waals surface area contributed by atoms with Crippen molar-refractivity contribution in [1.29, 1.82) is 0 Å². The Labute approximate surface area is 101 Å². The van der Waals surface area contributed by atoms with Crippen LogP contribution in [0.1, 0.15) is 12.8 Å². The highest BCUT2D eigenvalue weighted by Gasteiger charge is 2.44. The molecule has 0 spiro atoms. The number of alkyl halides is 3. The van der Waals surface area contributed by atoms with Crippen LogP contribution in [-0.2, 0) is 14.3 Å². The fourth-order valence-corrected chi connectivity index (χ4v) is 1.96. The zero-order chi connectivity index (χ0) is 13.3. The molecule has 2 aliphatic rings. The van der Waals surface area contributed by atoms with Crippen LogP contribution in [0, 0.1) is 0 Å². The normalized spacial score (nSPS) is 27.8. The number of amides is 1. The molecule has 2 heterocycles. The highest BCUT2D eigenvalue weighted by molar-refractivity contribution is 5.83. The average molecular weight is 266 g/mol. The van der Waals surface area contributed by atoms with Gasteiger partial charge >= 0.3 is 12.1 Å². The summed E-state index contributed by atoms with van der Waals surface area (Å²) in [6.07, 6.45) is -4.84. The topological polar surface area (TPSA) is 58.6 Å². The molecule has 0 aliphatic carbocycles. The minimum Gasteiger partial charge on any atom is -0.454 e. The molecule has 18 heavy (non-hydrogen) atoms. The van der Waals surface area contributed by atoms with E-state index in [1.807, 2.05) is 0 Å². The minimum atomic E-state index is -4.99. The van der Waals surface area contributed by atoms with Gasteiger partial charge in [-0.2, -0.15) is 13.2 Å². The summed E-state index contributed by atoms with van der Waals surface area (Å²) in [7, 11) is 0. The van der Waals surface area contributed by atoms with Crippen LogP contribution in [0.5, 0.6) is 0 Å². The molecule has 1 amide bonds. The Morgan fingerprint density at radius 1 is 1.28 bits per heavy atom. The van der Waals surface area contributed by atoms with Crippen molar-refractivity contribution in [2.24, 2.45) is 0 Å². The van der Waals surface area contributed by atoms with Gasteiger partial charge in [-0.05, 0) is 6.42 Å². The number of nitrogens with one attached hydrogen (secondary N) is 1. The van der Waals surface area contributed by atoms with Gasteiger partial charge in [0, 0.05) is 26.1 Å². The number of esters is 1. The molecular weight excluding hydrogens is 253 g/mol. The first-order valence-electron chi connectivity index (χ1n) is 5.68. The zero-order valence-corrected chi connectivity index (χ0v) is 9.50. The van der Waals surface area contributed by atoms with Crippen LogP contribution in [0.2, 0.25) is 0 Å². The van der Waals surface area contributed by atoms with E-state index in [2.05, 4.69) is 10.1 Å². The molecule has 0 radical (unpaired) electrons. The van der Waals surface area contributed by atoms with Gasteiger partial charge in [-0.1, -0.05) is 0 Å². The largest absolute Gasteiger partial charge is 0.490 e. The quantitative estimate of drug-likeness (QED) is 0.718. The van der Waals surface area contributed by atoms with E-state index >= 15 is 0 Å². The maximum atomic E-state index is 12.0. The second-order valence-electron chi connectivity index (χ2n) is 4.40. The monoisotopic (exact) mass is 266 g/mol. The molecule has 2 saturated heterocycles. The second-order valence-corrected chi connectivity index (χ2v) is 4.40. The lowest BCUT2D eigenvalue weighted by molar-refractivity contribution is -0.204. The number of carbonyl (C=O) groups excluding carboxylic acids is 2. The summed E-state index contributed by atoms with van der Waals surface area (Å²) in [6.45, 7) is 1.44. The molecular formula is C10H13F3N2O3. The number of hydrogen-bond acceptors (Lipinski definition) is 4. The lowest BCUT2D eigenvalue weighted by atomic mass is 10.1. The minimum absolute atomic E-state index is 0.0755. The van der Waals surface area contributed by atoms with Crippen LogP contribution in [0.4, 0.5) is 13.2 Å². The number of likely N-dealkylation sites (tertiary alicyclic amines) is 1. The summed E-state index contributed by atoms with van der Waals surface area (Å²) in [5.41, 5.74) is 0. The van der Waals surface area contributed by atoms with Crippen LogP contribution in [0.25, 0.3) is 0 Å². The molecule has 0 aromatic rings. The van der Waals surface area contributed by atoms with Crippen molar-refractivity contribution in [2.75, 3.05) is 19.6 Å². The molecule has 5 nitrogen and oxygen atoms in total. The highest BCUT2D eigenvalue weighted by atomic mass is 19.4. The summed E-state index contributed by atoms with van der Waals surface area (Å²) < 4.78 is 40.2. The average Bonchev–Trinajstić information content (AvgIpc) is 2.61. The van der Waals surface area contributed by atoms with E-state index in [1.165, 1.54) is 0 Å². The molecule has 2 fully saturated rings. The van der Waals surface area contributed by atoms with Crippen molar-refractivity contribution in [3.05, 3.63) is 0 Å². The number of halogens is 3. The molecule has 0 bridgehead atoms. The molecule has 0 aromatic heterocycles. The maximum Gasteiger partial charge on any atom is 0.490 e. The van der Waals surface area contributed by atoms with Crippen LogP contribution in [-0.4, -0.2) is 54.7 Å². The van der Waals surface area contributed by atoms with Gasteiger partial charge in [-0.15, -0.1) is 0 Å². The number of hydrogen-bond donors (Lipinski definition) is 1. The van der Waals surface area contributed by atoms with Gasteiger partial charge in [-0.25, -0.2) is 4.79 Å². The van der Waals surface area contributed by atoms with E-state index in [1.54, 1.807) is 4.90 Å². The predicted octanol–water partition coefficient (Wildman–Crippen LogP) is 0.0547. The first-order valence-corrected chi connectivity index (χ1v) is 5.68. The smallest absolute Gasteiger partial charge is 0.454 e. The molecule has 0 saturated carbocycles. The Bertz CT molecular complexity index is 355. The Kier molecular flexibility index (Phi) is 3.47. The van der Waals surface area contributed by atoms with Crippen LogP contribution < -0.4 is 5.32 Å². The molecule has 2 rings (SSSR count). The summed E-state index contributed by atoms with van der Waals surface area (Å²) in [5, 5.41) is 2.78. The summed E-state index contributed by atoms with van der Waals surface area (Å²) >= 11 is 0. The number of ether oxygens (including phenoxy) is 1. The second kappa shape index (κ2) is 4.75. The van der Waals surface area contributed by atoms with E-state index in [-0.39, 0.29) is 18.9 Å². The van der Waals surface area contributed by atoms with Crippen molar-refractivity contribution in [3.8, 4) is 0 Å². The SMILES string of the molecule is O=C([C@@H]1C[C@@H](OC(=O)C(F)(F)F)CN1)N1CCC1. The number of nitrogens with zero attached hydrogens (tertiary/aromatic N) is 1.